The zero-order chi connectivity index (χ0) is 13.8. The Kier molecular flexibility index (Phi) is 4.76. The van der Waals surface area contributed by atoms with Crippen molar-refractivity contribution in [1.82, 2.24) is 0 Å². The summed E-state index contributed by atoms with van der Waals surface area (Å²) in [7, 11) is 0. The molecule has 1 aliphatic carbocycles. The van der Waals surface area contributed by atoms with E-state index in [1.807, 2.05) is 18.2 Å². The highest BCUT2D eigenvalue weighted by Gasteiger charge is 2.26. The third-order valence-corrected chi connectivity index (χ3v) is 4.04. The Morgan fingerprint density at radius 2 is 1.89 bits per heavy atom. The number of carbonyl (C=O) groups excluding carboxylic acids is 2. The molecule has 0 amide bonds. The molecule has 0 unspecified atom stereocenters. The van der Waals surface area contributed by atoms with Crippen LogP contribution in [0.3, 0.4) is 0 Å². The Balaban J connectivity index is 2.14. The fraction of sp³-hybridized carbons (Fsp3) is 0.500. The van der Waals surface area contributed by atoms with Crippen molar-refractivity contribution >= 4 is 23.2 Å². The molecule has 0 atom stereocenters. The average molecular weight is 279 g/mol. The minimum Gasteiger partial charge on any atom is -0.299 e. The molecule has 0 radical (unpaired) electrons. The summed E-state index contributed by atoms with van der Waals surface area (Å²) in [5.74, 6) is 0.117. The van der Waals surface area contributed by atoms with Crippen molar-refractivity contribution in [2.75, 3.05) is 0 Å². The van der Waals surface area contributed by atoms with Gasteiger partial charge in [-0.05, 0) is 36.0 Å². The van der Waals surface area contributed by atoms with Gasteiger partial charge in [-0.25, -0.2) is 0 Å². The van der Waals surface area contributed by atoms with Gasteiger partial charge in [0.15, 0.2) is 0 Å². The third-order valence-electron chi connectivity index (χ3n) is 3.69. The molecule has 3 heteroatoms. The van der Waals surface area contributed by atoms with E-state index >= 15 is 0 Å². The molecule has 0 aromatic heterocycles. The summed E-state index contributed by atoms with van der Waals surface area (Å²) >= 11 is 6.29. The fourth-order valence-electron chi connectivity index (χ4n) is 2.61. The van der Waals surface area contributed by atoms with Crippen LogP contribution in [0.2, 0.25) is 5.02 Å². The topological polar surface area (TPSA) is 34.1 Å². The molecule has 2 nitrogen and oxygen atoms in total. The SMILES string of the molecule is CCCCc1ccc(C2CC(=O)CC(=O)C2)cc1Cl. The normalized spacial score (nSPS) is 16.9. The number of rotatable bonds is 4. The van der Waals surface area contributed by atoms with Gasteiger partial charge < -0.3 is 0 Å². The molecular formula is C16H19ClO2. The van der Waals surface area contributed by atoms with Gasteiger partial charge in [0.2, 0.25) is 0 Å². The molecule has 0 spiro atoms. The first-order chi connectivity index (χ1) is 9.10. The maximum absolute atomic E-state index is 11.5. The van der Waals surface area contributed by atoms with Crippen LogP contribution in [0, 0.1) is 0 Å². The van der Waals surface area contributed by atoms with Gasteiger partial charge >= 0.3 is 0 Å². The van der Waals surface area contributed by atoms with E-state index in [1.54, 1.807) is 0 Å². The number of unbranched alkanes of at least 4 members (excludes halogenated alkanes) is 1. The smallest absolute Gasteiger partial charge is 0.140 e. The molecule has 2 rings (SSSR count). The number of ketones is 2. The standard InChI is InChI=1S/C16H19ClO2/c1-2-3-4-11-5-6-12(9-16(11)17)13-7-14(18)10-15(19)8-13/h5-6,9,13H,2-4,7-8,10H2,1H3. The molecule has 1 saturated carbocycles. The summed E-state index contributed by atoms with van der Waals surface area (Å²) in [6.45, 7) is 2.15. The van der Waals surface area contributed by atoms with Crippen molar-refractivity contribution < 1.29 is 9.59 Å². The molecule has 19 heavy (non-hydrogen) atoms. The van der Waals surface area contributed by atoms with Gasteiger partial charge in [-0.3, -0.25) is 9.59 Å². The van der Waals surface area contributed by atoms with Gasteiger partial charge in [-0.15, -0.1) is 0 Å². The predicted molar refractivity (Wildman–Crippen MR) is 76.7 cm³/mol. The van der Waals surface area contributed by atoms with Crippen LogP contribution in [-0.4, -0.2) is 11.6 Å². The van der Waals surface area contributed by atoms with Crippen LogP contribution >= 0.6 is 11.6 Å². The van der Waals surface area contributed by atoms with E-state index in [2.05, 4.69) is 6.92 Å². The Morgan fingerprint density at radius 1 is 1.21 bits per heavy atom. The molecule has 1 aromatic rings. The second-order valence-corrected chi connectivity index (χ2v) is 5.72. The summed E-state index contributed by atoms with van der Waals surface area (Å²) in [4.78, 5) is 23.0. The number of aryl methyl sites for hydroxylation is 1. The third kappa shape index (κ3) is 3.66. The molecule has 0 aliphatic heterocycles. The quantitative estimate of drug-likeness (QED) is 0.778. The fourth-order valence-corrected chi connectivity index (χ4v) is 2.89. The van der Waals surface area contributed by atoms with Crippen LogP contribution in [0.4, 0.5) is 0 Å². The van der Waals surface area contributed by atoms with Gasteiger partial charge in [-0.1, -0.05) is 37.1 Å². The Hall–Kier alpha value is -1.15. The molecule has 0 bridgehead atoms. The Bertz CT molecular complexity index is 478. The molecular weight excluding hydrogens is 260 g/mol. The van der Waals surface area contributed by atoms with Crippen molar-refractivity contribution in [2.45, 2.75) is 51.4 Å². The largest absolute Gasteiger partial charge is 0.299 e. The van der Waals surface area contributed by atoms with E-state index in [0.29, 0.717) is 12.8 Å². The lowest BCUT2D eigenvalue weighted by Crippen LogP contribution is -2.21. The number of carbonyl (C=O) groups is 2. The first-order valence-electron chi connectivity index (χ1n) is 6.92. The first kappa shape index (κ1) is 14.3. The van der Waals surface area contributed by atoms with Crippen molar-refractivity contribution in [3.8, 4) is 0 Å². The second kappa shape index (κ2) is 6.33. The number of halogens is 1. The van der Waals surface area contributed by atoms with Crippen molar-refractivity contribution in [3.05, 3.63) is 34.3 Å². The van der Waals surface area contributed by atoms with E-state index in [0.717, 1.165) is 35.4 Å². The Morgan fingerprint density at radius 3 is 2.47 bits per heavy atom. The number of benzene rings is 1. The van der Waals surface area contributed by atoms with Gasteiger partial charge in [0.05, 0.1) is 6.42 Å². The van der Waals surface area contributed by atoms with Crippen molar-refractivity contribution in [3.63, 3.8) is 0 Å². The minimum absolute atomic E-state index is 0.0199. The van der Waals surface area contributed by atoms with E-state index in [4.69, 9.17) is 11.6 Å². The summed E-state index contributed by atoms with van der Waals surface area (Å²) in [6.07, 6.45) is 4.30. The van der Waals surface area contributed by atoms with Gasteiger partial charge in [-0.2, -0.15) is 0 Å². The molecule has 1 aromatic carbocycles. The highest BCUT2D eigenvalue weighted by atomic mass is 35.5. The van der Waals surface area contributed by atoms with Gasteiger partial charge in [0.1, 0.15) is 11.6 Å². The van der Waals surface area contributed by atoms with E-state index in [9.17, 15) is 9.59 Å². The van der Waals surface area contributed by atoms with Crippen LogP contribution in [0.1, 0.15) is 56.1 Å². The van der Waals surface area contributed by atoms with Crippen molar-refractivity contribution in [2.24, 2.45) is 0 Å². The lowest BCUT2D eigenvalue weighted by atomic mass is 9.82. The molecule has 102 valence electrons. The summed E-state index contributed by atoms with van der Waals surface area (Å²) in [5, 5.41) is 0.761. The number of hydrogen-bond donors (Lipinski definition) is 0. The maximum atomic E-state index is 11.5. The van der Waals surface area contributed by atoms with Gasteiger partial charge in [0, 0.05) is 17.9 Å². The average Bonchev–Trinajstić information content (AvgIpc) is 2.36. The molecule has 0 saturated heterocycles. The molecule has 0 N–H and O–H groups in total. The highest BCUT2D eigenvalue weighted by Crippen LogP contribution is 2.32. The van der Waals surface area contributed by atoms with Crippen LogP contribution in [0.5, 0.6) is 0 Å². The number of Topliss-reactive ketones (excluding diaryl/α,β-unsaturated/α-hetero) is 2. The zero-order valence-electron chi connectivity index (χ0n) is 11.2. The minimum atomic E-state index is 0.0199. The second-order valence-electron chi connectivity index (χ2n) is 5.31. The van der Waals surface area contributed by atoms with Crippen LogP contribution < -0.4 is 0 Å². The molecule has 0 heterocycles. The zero-order valence-corrected chi connectivity index (χ0v) is 12.0. The van der Waals surface area contributed by atoms with Crippen molar-refractivity contribution in [1.29, 1.82) is 0 Å². The monoisotopic (exact) mass is 278 g/mol. The summed E-state index contributed by atoms with van der Waals surface area (Å²) in [5.41, 5.74) is 2.17. The van der Waals surface area contributed by atoms with E-state index < -0.39 is 0 Å². The van der Waals surface area contributed by atoms with Crippen LogP contribution in [-0.2, 0) is 16.0 Å². The lowest BCUT2D eigenvalue weighted by Gasteiger charge is -2.21. The Labute approximate surface area is 119 Å². The van der Waals surface area contributed by atoms with Gasteiger partial charge in [0.25, 0.3) is 0 Å². The van der Waals surface area contributed by atoms with E-state index in [1.165, 1.54) is 0 Å². The highest BCUT2D eigenvalue weighted by molar-refractivity contribution is 6.31. The van der Waals surface area contributed by atoms with Crippen LogP contribution in [0.25, 0.3) is 0 Å². The van der Waals surface area contributed by atoms with E-state index in [-0.39, 0.29) is 23.9 Å². The molecule has 1 aliphatic rings. The maximum Gasteiger partial charge on any atom is 0.140 e. The lowest BCUT2D eigenvalue weighted by molar-refractivity contribution is -0.130. The molecule has 1 fully saturated rings. The summed E-state index contributed by atoms with van der Waals surface area (Å²) < 4.78 is 0. The predicted octanol–water partition coefficient (Wildman–Crippen LogP) is 4.09. The number of hydrogen-bond acceptors (Lipinski definition) is 2. The first-order valence-corrected chi connectivity index (χ1v) is 7.29. The summed E-state index contributed by atoms with van der Waals surface area (Å²) in [6, 6.07) is 5.99. The van der Waals surface area contributed by atoms with Crippen LogP contribution in [0.15, 0.2) is 18.2 Å².